The summed E-state index contributed by atoms with van der Waals surface area (Å²) in [6, 6.07) is 23.8. The Labute approximate surface area is 202 Å². The third-order valence-corrected chi connectivity index (χ3v) is 6.87. The van der Waals surface area contributed by atoms with Crippen molar-refractivity contribution in [1.29, 1.82) is 0 Å². The van der Waals surface area contributed by atoms with E-state index in [1.54, 1.807) is 18.9 Å². The monoisotopic (exact) mass is 468 g/mol. The molecule has 3 heterocycles. The molecule has 5 nitrogen and oxygen atoms in total. The number of amides is 1. The summed E-state index contributed by atoms with van der Waals surface area (Å²) in [5.74, 6) is 2.03. The van der Waals surface area contributed by atoms with Gasteiger partial charge in [-0.15, -0.1) is 0 Å². The number of carbonyl (C=O) groups excluding carboxylic acids is 1. The first-order valence-corrected chi connectivity index (χ1v) is 11.9. The van der Waals surface area contributed by atoms with Gasteiger partial charge in [0.15, 0.2) is 0 Å². The first kappa shape index (κ1) is 22.0. The Bertz CT molecular complexity index is 1390. The van der Waals surface area contributed by atoms with E-state index in [-0.39, 0.29) is 5.91 Å². The van der Waals surface area contributed by atoms with Gasteiger partial charge in [0.25, 0.3) is 5.91 Å². The molecule has 0 radical (unpaired) electrons. The van der Waals surface area contributed by atoms with Gasteiger partial charge >= 0.3 is 0 Å². The molecule has 1 amide bonds. The molecule has 2 aromatic heterocycles. The molecule has 4 aromatic rings. The van der Waals surface area contributed by atoms with Crippen LogP contribution in [0.4, 0.5) is 0 Å². The second-order valence-corrected chi connectivity index (χ2v) is 9.09. The summed E-state index contributed by atoms with van der Waals surface area (Å²) in [7, 11) is 1.62. The van der Waals surface area contributed by atoms with Crippen molar-refractivity contribution in [2.24, 2.45) is 0 Å². The van der Waals surface area contributed by atoms with Gasteiger partial charge in [-0.3, -0.25) is 4.79 Å². The summed E-state index contributed by atoms with van der Waals surface area (Å²) in [6.45, 7) is 2.25. The van der Waals surface area contributed by atoms with Gasteiger partial charge in [-0.25, -0.2) is 4.98 Å². The minimum atomic E-state index is -0.122. The van der Waals surface area contributed by atoms with Gasteiger partial charge in [-0.05, 0) is 66.9 Å². The van der Waals surface area contributed by atoms with Crippen LogP contribution in [0.1, 0.15) is 38.7 Å². The van der Waals surface area contributed by atoms with E-state index in [0.29, 0.717) is 24.4 Å². The summed E-state index contributed by atoms with van der Waals surface area (Å²) in [5.41, 5.74) is 4.77. The highest BCUT2D eigenvalue weighted by Crippen LogP contribution is 2.40. The molecule has 0 bridgehead atoms. The number of rotatable bonds is 5. The number of nitrogens with one attached hydrogen (secondary N) is 1. The summed E-state index contributed by atoms with van der Waals surface area (Å²) in [5, 5.41) is 2.95. The van der Waals surface area contributed by atoms with Crippen molar-refractivity contribution in [3.8, 4) is 5.88 Å². The van der Waals surface area contributed by atoms with E-state index in [9.17, 15) is 4.79 Å². The second kappa shape index (κ2) is 9.61. The minimum Gasteiger partial charge on any atom is -0.481 e. The number of carbonyl (C=O) groups is 1. The lowest BCUT2D eigenvalue weighted by atomic mass is 9.98. The van der Waals surface area contributed by atoms with Crippen LogP contribution in [0.25, 0.3) is 5.57 Å². The van der Waals surface area contributed by atoms with Crippen LogP contribution in [0.3, 0.4) is 0 Å². The average Bonchev–Trinajstić information content (AvgIpc) is 3.28. The molecular weight excluding hydrogens is 444 g/mol. The van der Waals surface area contributed by atoms with Crippen LogP contribution in [0.5, 0.6) is 5.88 Å². The SMILES string of the molecule is COc1cccc(/C2=C/Cc3cc(C(=O)NCc4ccc(C)o4)ccc3Sc3ccccc32)n1. The third-order valence-electron chi connectivity index (χ3n) is 5.67. The van der Waals surface area contributed by atoms with E-state index in [1.807, 2.05) is 67.6 Å². The number of benzene rings is 2. The molecule has 0 aliphatic carbocycles. The standard InChI is InChI=1S/C28H24N2O3S/c1-18-10-13-21(33-18)17-29-28(31)20-12-15-25-19(16-20)11-14-22(23-6-3-4-8-26(23)34-25)24-7-5-9-27(30-24)32-2/h3-10,12-16H,11,17H2,1-2H3,(H,29,31)/b22-14+. The summed E-state index contributed by atoms with van der Waals surface area (Å²) < 4.78 is 10.9. The van der Waals surface area contributed by atoms with Crippen molar-refractivity contribution in [3.05, 3.63) is 113 Å². The van der Waals surface area contributed by atoms with Gasteiger partial charge < -0.3 is 14.5 Å². The Balaban J connectivity index is 1.47. The van der Waals surface area contributed by atoms with Crippen LogP contribution in [-0.2, 0) is 13.0 Å². The van der Waals surface area contributed by atoms with Crippen LogP contribution >= 0.6 is 11.8 Å². The van der Waals surface area contributed by atoms with Crippen molar-refractivity contribution in [1.82, 2.24) is 10.3 Å². The lowest BCUT2D eigenvalue weighted by Crippen LogP contribution is -2.22. The fraction of sp³-hybridized carbons (Fsp3) is 0.143. The Kier molecular flexibility index (Phi) is 6.23. The fourth-order valence-electron chi connectivity index (χ4n) is 3.97. The zero-order valence-corrected chi connectivity index (χ0v) is 19.8. The number of methoxy groups -OCH3 is 1. The van der Waals surface area contributed by atoms with E-state index >= 15 is 0 Å². The molecule has 0 spiro atoms. The molecule has 6 heteroatoms. The number of hydrogen-bond acceptors (Lipinski definition) is 5. The van der Waals surface area contributed by atoms with Gasteiger partial charge in [0.05, 0.1) is 19.3 Å². The van der Waals surface area contributed by atoms with E-state index in [1.165, 1.54) is 0 Å². The van der Waals surface area contributed by atoms with Gasteiger partial charge in [0.2, 0.25) is 5.88 Å². The van der Waals surface area contributed by atoms with Crippen LogP contribution < -0.4 is 10.1 Å². The molecule has 0 atom stereocenters. The number of aryl methyl sites for hydroxylation is 1. The Hall–Kier alpha value is -3.77. The van der Waals surface area contributed by atoms with Crippen LogP contribution in [0, 0.1) is 6.92 Å². The number of hydrogen-bond donors (Lipinski definition) is 1. The molecule has 2 aromatic carbocycles. The quantitative estimate of drug-likeness (QED) is 0.386. The van der Waals surface area contributed by atoms with E-state index in [0.717, 1.165) is 43.7 Å². The lowest BCUT2D eigenvalue weighted by Gasteiger charge is -2.18. The van der Waals surface area contributed by atoms with Gasteiger partial charge in [-0.1, -0.05) is 42.1 Å². The number of furan rings is 1. The molecule has 1 aliphatic heterocycles. The van der Waals surface area contributed by atoms with Crippen LogP contribution in [0.2, 0.25) is 0 Å². The molecule has 0 fully saturated rings. The highest BCUT2D eigenvalue weighted by Gasteiger charge is 2.18. The molecule has 5 rings (SSSR count). The van der Waals surface area contributed by atoms with Crippen molar-refractivity contribution >= 4 is 23.2 Å². The molecule has 1 N–H and O–H groups in total. The summed E-state index contributed by atoms with van der Waals surface area (Å²) >= 11 is 1.71. The number of pyridine rings is 1. The summed E-state index contributed by atoms with van der Waals surface area (Å²) in [6.07, 6.45) is 2.87. The van der Waals surface area contributed by atoms with Gasteiger partial charge in [-0.2, -0.15) is 0 Å². The molecule has 0 unspecified atom stereocenters. The normalized spacial score (nSPS) is 14.1. The molecule has 0 saturated carbocycles. The van der Waals surface area contributed by atoms with Crippen molar-refractivity contribution in [2.75, 3.05) is 7.11 Å². The second-order valence-electron chi connectivity index (χ2n) is 8.00. The number of aromatic nitrogens is 1. The predicted octanol–water partition coefficient (Wildman–Crippen LogP) is 6.06. The molecule has 34 heavy (non-hydrogen) atoms. The first-order valence-electron chi connectivity index (χ1n) is 11.1. The maximum Gasteiger partial charge on any atom is 0.251 e. The van der Waals surface area contributed by atoms with Gasteiger partial charge in [0.1, 0.15) is 11.5 Å². The number of allylic oxidation sites excluding steroid dienone is 1. The predicted molar refractivity (Wildman–Crippen MR) is 133 cm³/mol. The van der Waals surface area contributed by atoms with E-state index < -0.39 is 0 Å². The Morgan fingerprint density at radius 2 is 1.94 bits per heavy atom. The Morgan fingerprint density at radius 3 is 2.76 bits per heavy atom. The van der Waals surface area contributed by atoms with E-state index in [4.69, 9.17) is 9.15 Å². The van der Waals surface area contributed by atoms with Crippen LogP contribution in [-0.4, -0.2) is 18.0 Å². The fourth-order valence-corrected chi connectivity index (χ4v) is 5.05. The molecule has 0 saturated heterocycles. The molecule has 170 valence electrons. The first-order chi connectivity index (χ1) is 16.6. The zero-order valence-electron chi connectivity index (χ0n) is 19.0. The highest BCUT2D eigenvalue weighted by molar-refractivity contribution is 7.99. The van der Waals surface area contributed by atoms with Crippen molar-refractivity contribution < 1.29 is 13.9 Å². The zero-order chi connectivity index (χ0) is 23.5. The smallest absolute Gasteiger partial charge is 0.251 e. The number of fused-ring (bicyclic) bond motifs is 2. The number of ether oxygens (including phenoxy) is 1. The largest absolute Gasteiger partial charge is 0.481 e. The van der Waals surface area contributed by atoms with Crippen molar-refractivity contribution in [2.45, 2.75) is 29.7 Å². The average molecular weight is 469 g/mol. The lowest BCUT2D eigenvalue weighted by molar-refractivity contribution is 0.0947. The molecule has 1 aliphatic rings. The topological polar surface area (TPSA) is 64.4 Å². The highest BCUT2D eigenvalue weighted by atomic mass is 32.2. The maximum atomic E-state index is 12.8. The van der Waals surface area contributed by atoms with E-state index in [2.05, 4.69) is 28.5 Å². The Morgan fingerprint density at radius 1 is 1.06 bits per heavy atom. The summed E-state index contributed by atoms with van der Waals surface area (Å²) in [4.78, 5) is 19.8. The van der Waals surface area contributed by atoms with Crippen molar-refractivity contribution in [3.63, 3.8) is 0 Å². The maximum absolute atomic E-state index is 12.8. The third kappa shape index (κ3) is 4.63. The molecular formula is C28H24N2O3S. The van der Waals surface area contributed by atoms with Gasteiger partial charge in [0, 0.05) is 27.0 Å². The minimum absolute atomic E-state index is 0.122. The van der Waals surface area contributed by atoms with Crippen LogP contribution in [0.15, 0.2) is 93.1 Å². The number of nitrogens with zero attached hydrogens (tertiary/aromatic N) is 1.